The largest absolute Gasteiger partial charge is 0.273 e. The molecule has 5 nitrogen and oxygen atoms in total. The average molecular weight is 433 g/mol. The molecular formula is C25H21ClN2O3. The van der Waals surface area contributed by atoms with Gasteiger partial charge in [-0.2, -0.15) is 0 Å². The van der Waals surface area contributed by atoms with Crippen molar-refractivity contribution in [3.8, 4) is 0 Å². The van der Waals surface area contributed by atoms with Gasteiger partial charge in [-0.15, -0.1) is 0 Å². The maximum Gasteiger partial charge on any atom is 0.266 e. The van der Waals surface area contributed by atoms with Gasteiger partial charge in [0, 0.05) is 5.02 Å². The molecule has 2 aliphatic rings. The zero-order valence-corrected chi connectivity index (χ0v) is 17.9. The topological polar surface area (TPSA) is 49.9 Å². The number of aryl methyl sites for hydroxylation is 2. The molecule has 2 aliphatic heterocycles. The molecule has 2 heterocycles. The number of rotatable bonds is 3. The summed E-state index contributed by atoms with van der Waals surface area (Å²) in [4.78, 5) is 34.5. The molecule has 0 aliphatic carbocycles. The van der Waals surface area contributed by atoms with Crippen molar-refractivity contribution in [2.45, 2.75) is 26.0 Å². The maximum atomic E-state index is 13.6. The van der Waals surface area contributed by atoms with E-state index in [1.165, 1.54) is 4.90 Å². The Labute approximate surface area is 185 Å². The highest BCUT2D eigenvalue weighted by molar-refractivity contribution is 6.30. The SMILES string of the molecule is Cc1ccc(N2C(=O)[C@H]3[C@@H](c4ccc(Cl)cc4)N(c4ccccc4)O[C@H]3C2=O)c(C)c1. The first-order valence-corrected chi connectivity index (χ1v) is 10.5. The van der Waals surface area contributed by atoms with Gasteiger partial charge in [-0.3, -0.25) is 14.4 Å². The summed E-state index contributed by atoms with van der Waals surface area (Å²) in [7, 11) is 0. The second kappa shape index (κ2) is 7.52. The second-order valence-electron chi connectivity index (χ2n) is 8.01. The van der Waals surface area contributed by atoms with E-state index in [0.717, 1.165) is 22.4 Å². The molecule has 0 bridgehead atoms. The van der Waals surface area contributed by atoms with Gasteiger partial charge in [-0.05, 0) is 55.3 Å². The first kappa shape index (κ1) is 19.8. The summed E-state index contributed by atoms with van der Waals surface area (Å²) in [5.74, 6) is -1.24. The summed E-state index contributed by atoms with van der Waals surface area (Å²) < 4.78 is 0. The fraction of sp³-hybridized carbons (Fsp3) is 0.200. The van der Waals surface area contributed by atoms with Crippen molar-refractivity contribution < 1.29 is 14.4 Å². The van der Waals surface area contributed by atoms with Crippen LogP contribution in [-0.4, -0.2) is 17.9 Å². The zero-order chi connectivity index (χ0) is 21.7. The number of hydroxylamine groups is 1. The van der Waals surface area contributed by atoms with Crippen molar-refractivity contribution in [1.29, 1.82) is 0 Å². The Bertz CT molecular complexity index is 1160. The quantitative estimate of drug-likeness (QED) is 0.546. The van der Waals surface area contributed by atoms with Gasteiger partial charge in [0.1, 0.15) is 5.92 Å². The third-order valence-electron chi connectivity index (χ3n) is 5.93. The number of halogens is 1. The van der Waals surface area contributed by atoms with Crippen LogP contribution in [0.1, 0.15) is 22.7 Å². The molecule has 3 aromatic carbocycles. The van der Waals surface area contributed by atoms with Crippen molar-refractivity contribution in [1.82, 2.24) is 0 Å². The fourth-order valence-corrected chi connectivity index (χ4v) is 4.63. The minimum absolute atomic E-state index is 0.250. The number of carbonyl (C=O) groups is 2. The van der Waals surface area contributed by atoms with Gasteiger partial charge in [-0.25, -0.2) is 9.96 Å². The van der Waals surface area contributed by atoms with Crippen molar-refractivity contribution in [3.05, 3.63) is 94.5 Å². The Balaban J connectivity index is 1.59. The van der Waals surface area contributed by atoms with Gasteiger partial charge in [0.15, 0.2) is 6.10 Å². The van der Waals surface area contributed by atoms with Gasteiger partial charge < -0.3 is 0 Å². The van der Waals surface area contributed by atoms with Crippen LogP contribution in [-0.2, 0) is 14.4 Å². The minimum atomic E-state index is -0.880. The Morgan fingerprint density at radius 2 is 1.58 bits per heavy atom. The van der Waals surface area contributed by atoms with Gasteiger partial charge in [0.2, 0.25) is 5.91 Å². The lowest BCUT2D eigenvalue weighted by molar-refractivity contribution is -0.126. The van der Waals surface area contributed by atoms with Crippen LogP contribution in [0.25, 0.3) is 0 Å². The number of carbonyl (C=O) groups excluding carboxylic acids is 2. The van der Waals surface area contributed by atoms with Crippen LogP contribution < -0.4 is 9.96 Å². The molecule has 0 aromatic heterocycles. The van der Waals surface area contributed by atoms with E-state index >= 15 is 0 Å². The van der Waals surface area contributed by atoms with Crippen LogP contribution in [0, 0.1) is 19.8 Å². The molecule has 31 heavy (non-hydrogen) atoms. The minimum Gasteiger partial charge on any atom is -0.273 e. The zero-order valence-electron chi connectivity index (χ0n) is 17.2. The molecule has 2 amide bonds. The van der Waals surface area contributed by atoms with Crippen LogP contribution in [0.15, 0.2) is 72.8 Å². The summed E-state index contributed by atoms with van der Waals surface area (Å²) in [5.41, 5.74) is 4.22. The molecule has 6 heteroatoms. The number of benzene rings is 3. The first-order chi connectivity index (χ1) is 15.0. The molecule has 0 N–H and O–H groups in total. The van der Waals surface area contributed by atoms with E-state index in [0.29, 0.717) is 10.7 Å². The molecular weight excluding hydrogens is 412 g/mol. The van der Waals surface area contributed by atoms with E-state index in [2.05, 4.69) is 0 Å². The summed E-state index contributed by atoms with van der Waals surface area (Å²) in [6, 6.07) is 22.1. The normalized spacial score (nSPS) is 22.9. The van der Waals surface area contributed by atoms with E-state index in [4.69, 9.17) is 16.4 Å². The van der Waals surface area contributed by atoms with Gasteiger partial charge in [-0.1, -0.05) is 59.6 Å². The second-order valence-corrected chi connectivity index (χ2v) is 8.45. The number of hydrogen-bond donors (Lipinski definition) is 0. The number of nitrogens with zero attached hydrogens (tertiary/aromatic N) is 2. The van der Waals surface area contributed by atoms with E-state index in [1.54, 1.807) is 17.2 Å². The standard InChI is InChI=1S/C25H21ClN2O3/c1-15-8-13-20(16(2)14-15)27-24(29)21-22(17-9-11-18(26)12-10-17)28(31-23(21)25(27)30)19-6-4-3-5-7-19/h3-14,21-23H,1-2H3/t21-,22+,23+/m0/s1. The number of hydrogen-bond acceptors (Lipinski definition) is 4. The molecule has 0 spiro atoms. The van der Waals surface area contributed by atoms with Crippen LogP contribution in [0.2, 0.25) is 5.02 Å². The summed E-state index contributed by atoms with van der Waals surface area (Å²) in [6.07, 6.45) is -0.880. The number of para-hydroxylation sites is 1. The van der Waals surface area contributed by atoms with Crippen molar-refractivity contribution in [3.63, 3.8) is 0 Å². The average Bonchev–Trinajstić information content (AvgIpc) is 3.26. The number of fused-ring (bicyclic) bond motifs is 1. The van der Waals surface area contributed by atoms with Crippen molar-refractivity contribution >= 4 is 34.8 Å². The predicted molar refractivity (Wildman–Crippen MR) is 120 cm³/mol. The molecule has 5 rings (SSSR count). The predicted octanol–water partition coefficient (Wildman–Crippen LogP) is 5.01. The molecule has 0 radical (unpaired) electrons. The monoisotopic (exact) mass is 432 g/mol. The van der Waals surface area contributed by atoms with Gasteiger partial charge >= 0.3 is 0 Å². The van der Waals surface area contributed by atoms with Crippen LogP contribution in [0.4, 0.5) is 11.4 Å². The lowest BCUT2D eigenvalue weighted by Crippen LogP contribution is -2.37. The first-order valence-electron chi connectivity index (χ1n) is 10.2. The van der Waals surface area contributed by atoms with Crippen molar-refractivity contribution in [2.75, 3.05) is 9.96 Å². The summed E-state index contributed by atoms with van der Waals surface area (Å²) >= 11 is 6.09. The Morgan fingerprint density at radius 1 is 0.871 bits per heavy atom. The molecule has 3 atom stereocenters. The van der Waals surface area contributed by atoms with E-state index in [1.807, 2.05) is 74.5 Å². The lowest BCUT2D eigenvalue weighted by atomic mass is 9.90. The number of imide groups is 1. The van der Waals surface area contributed by atoms with Gasteiger partial charge in [0.25, 0.3) is 5.91 Å². The highest BCUT2D eigenvalue weighted by Gasteiger charge is 2.60. The Hall–Kier alpha value is -3.15. The fourth-order valence-electron chi connectivity index (χ4n) is 4.51. The van der Waals surface area contributed by atoms with Crippen LogP contribution in [0.5, 0.6) is 0 Å². The van der Waals surface area contributed by atoms with E-state index in [-0.39, 0.29) is 11.8 Å². The maximum absolute atomic E-state index is 13.6. The molecule has 2 fully saturated rings. The molecule has 2 saturated heterocycles. The molecule has 0 saturated carbocycles. The number of anilines is 2. The highest BCUT2D eigenvalue weighted by atomic mass is 35.5. The molecule has 3 aromatic rings. The van der Waals surface area contributed by atoms with E-state index in [9.17, 15) is 9.59 Å². The summed E-state index contributed by atoms with van der Waals surface area (Å²) in [5, 5.41) is 2.30. The Morgan fingerprint density at radius 3 is 2.26 bits per heavy atom. The third kappa shape index (κ3) is 3.21. The Kier molecular flexibility index (Phi) is 4.80. The van der Waals surface area contributed by atoms with Gasteiger partial charge in [0.05, 0.1) is 17.4 Å². The summed E-state index contributed by atoms with van der Waals surface area (Å²) in [6.45, 7) is 3.89. The number of amides is 2. The lowest BCUT2D eigenvalue weighted by Gasteiger charge is -2.29. The van der Waals surface area contributed by atoms with Crippen LogP contribution in [0.3, 0.4) is 0 Å². The van der Waals surface area contributed by atoms with Crippen LogP contribution >= 0.6 is 11.6 Å². The van der Waals surface area contributed by atoms with Crippen molar-refractivity contribution in [2.24, 2.45) is 5.92 Å². The molecule has 0 unspecified atom stereocenters. The highest BCUT2D eigenvalue weighted by Crippen LogP contribution is 2.48. The third-order valence-corrected chi connectivity index (χ3v) is 6.18. The smallest absolute Gasteiger partial charge is 0.266 e. The molecule has 156 valence electrons. The van der Waals surface area contributed by atoms with E-state index < -0.39 is 18.1 Å².